The molecule has 120 valence electrons. The number of hydrogen-bond acceptors (Lipinski definition) is 5. The van der Waals surface area contributed by atoms with E-state index in [4.69, 9.17) is 4.74 Å². The monoisotopic (exact) mass is 307 g/mol. The molecular formula is C15H21N3O4. The Morgan fingerprint density at radius 3 is 2.64 bits per heavy atom. The van der Waals surface area contributed by atoms with Gasteiger partial charge in [-0.1, -0.05) is 13.8 Å². The standard InChI is InChI=1S/C15H21N3O4/c1-5-22-15(21)12-13(19)17(7-6-9(2)3)11-8-10(4)16-18(11)14(12)20/h8-9,12H,5-7H2,1-4H3. The molecule has 7 nitrogen and oxygen atoms in total. The summed E-state index contributed by atoms with van der Waals surface area (Å²) in [5.41, 5.74) is 0.621. The molecule has 0 N–H and O–H groups in total. The van der Waals surface area contributed by atoms with Crippen LogP contribution in [-0.4, -0.2) is 40.7 Å². The second kappa shape index (κ2) is 6.29. The maximum absolute atomic E-state index is 12.6. The highest BCUT2D eigenvalue weighted by atomic mass is 16.5. The summed E-state index contributed by atoms with van der Waals surface area (Å²) in [7, 11) is 0. The van der Waals surface area contributed by atoms with Gasteiger partial charge in [0.05, 0.1) is 12.3 Å². The Labute approximate surface area is 129 Å². The van der Waals surface area contributed by atoms with Crippen LogP contribution in [0, 0.1) is 18.8 Å². The van der Waals surface area contributed by atoms with Crippen molar-refractivity contribution in [2.45, 2.75) is 34.1 Å². The largest absolute Gasteiger partial charge is 0.465 e. The number of hydrogen-bond donors (Lipinski definition) is 0. The van der Waals surface area contributed by atoms with Crippen molar-refractivity contribution in [3.05, 3.63) is 11.8 Å². The number of anilines is 1. The molecule has 22 heavy (non-hydrogen) atoms. The number of aryl methyl sites for hydroxylation is 1. The summed E-state index contributed by atoms with van der Waals surface area (Å²) in [5.74, 6) is -2.63. The minimum absolute atomic E-state index is 0.118. The van der Waals surface area contributed by atoms with Crippen LogP contribution in [0.2, 0.25) is 0 Å². The number of aromatic nitrogens is 2. The lowest BCUT2D eigenvalue weighted by molar-refractivity contribution is -0.149. The molecule has 0 aromatic carbocycles. The predicted molar refractivity (Wildman–Crippen MR) is 79.5 cm³/mol. The fourth-order valence-corrected chi connectivity index (χ4v) is 2.38. The van der Waals surface area contributed by atoms with Gasteiger partial charge in [-0.3, -0.25) is 19.3 Å². The van der Waals surface area contributed by atoms with Gasteiger partial charge in [0.1, 0.15) is 5.82 Å². The average molecular weight is 307 g/mol. The van der Waals surface area contributed by atoms with Crippen molar-refractivity contribution in [3.8, 4) is 0 Å². The second-order valence-corrected chi connectivity index (χ2v) is 5.75. The average Bonchev–Trinajstić information content (AvgIpc) is 2.80. The van der Waals surface area contributed by atoms with Crippen LogP contribution in [0.4, 0.5) is 5.82 Å². The lowest BCUT2D eigenvalue weighted by Gasteiger charge is -2.30. The third-order valence-electron chi connectivity index (χ3n) is 3.51. The fraction of sp³-hybridized carbons (Fsp3) is 0.600. The van der Waals surface area contributed by atoms with Crippen LogP contribution in [0.15, 0.2) is 6.07 Å². The highest BCUT2D eigenvalue weighted by Crippen LogP contribution is 2.27. The van der Waals surface area contributed by atoms with Gasteiger partial charge in [-0.25, -0.2) is 0 Å². The lowest BCUT2D eigenvalue weighted by Crippen LogP contribution is -2.51. The number of esters is 1. The summed E-state index contributed by atoms with van der Waals surface area (Å²) in [4.78, 5) is 38.4. The number of rotatable bonds is 5. The molecule has 0 spiro atoms. The van der Waals surface area contributed by atoms with Gasteiger partial charge < -0.3 is 4.74 Å². The zero-order chi connectivity index (χ0) is 16.4. The summed E-state index contributed by atoms with van der Waals surface area (Å²) in [6.45, 7) is 8.02. The maximum Gasteiger partial charge on any atom is 0.328 e. The van der Waals surface area contributed by atoms with Gasteiger partial charge in [0.25, 0.3) is 11.8 Å². The van der Waals surface area contributed by atoms with E-state index >= 15 is 0 Å². The SMILES string of the molecule is CCOC(=O)C1C(=O)N(CCC(C)C)c2cc(C)nn2C1=O. The van der Waals surface area contributed by atoms with Crippen LogP contribution in [0.25, 0.3) is 0 Å². The van der Waals surface area contributed by atoms with Crippen LogP contribution >= 0.6 is 0 Å². The zero-order valence-corrected chi connectivity index (χ0v) is 13.3. The first-order chi connectivity index (χ1) is 10.4. The first-order valence-corrected chi connectivity index (χ1v) is 7.45. The van der Waals surface area contributed by atoms with E-state index in [1.54, 1.807) is 19.9 Å². The molecule has 1 aliphatic rings. The summed E-state index contributed by atoms with van der Waals surface area (Å²) >= 11 is 0. The first-order valence-electron chi connectivity index (χ1n) is 7.45. The Hall–Kier alpha value is -2.18. The molecular weight excluding hydrogens is 286 g/mol. The molecule has 1 aromatic heterocycles. The van der Waals surface area contributed by atoms with Gasteiger partial charge >= 0.3 is 5.97 Å². The van der Waals surface area contributed by atoms with Gasteiger partial charge in [0.2, 0.25) is 5.92 Å². The molecule has 1 amide bonds. The Bertz CT molecular complexity index is 606. The van der Waals surface area contributed by atoms with Gasteiger partial charge in [-0.2, -0.15) is 9.78 Å². The van der Waals surface area contributed by atoms with E-state index in [9.17, 15) is 14.4 Å². The van der Waals surface area contributed by atoms with E-state index in [0.717, 1.165) is 11.1 Å². The van der Waals surface area contributed by atoms with Gasteiger partial charge in [-0.05, 0) is 26.2 Å². The third kappa shape index (κ3) is 2.88. The van der Waals surface area contributed by atoms with Crippen molar-refractivity contribution in [2.75, 3.05) is 18.1 Å². The molecule has 2 heterocycles. The maximum atomic E-state index is 12.6. The van der Waals surface area contributed by atoms with Crippen molar-refractivity contribution in [3.63, 3.8) is 0 Å². The minimum Gasteiger partial charge on any atom is -0.465 e. The topological polar surface area (TPSA) is 81.5 Å². The summed E-state index contributed by atoms with van der Waals surface area (Å²) < 4.78 is 6.01. The van der Waals surface area contributed by atoms with E-state index in [2.05, 4.69) is 5.10 Å². The number of nitrogens with zero attached hydrogens (tertiary/aromatic N) is 3. The quantitative estimate of drug-likeness (QED) is 0.607. The molecule has 0 aliphatic carbocycles. The van der Waals surface area contributed by atoms with E-state index in [1.165, 1.54) is 4.90 Å². The van der Waals surface area contributed by atoms with E-state index in [0.29, 0.717) is 24.0 Å². The number of amides is 1. The molecule has 0 saturated carbocycles. The summed E-state index contributed by atoms with van der Waals surface area (Å²) in [5, 5.41) is 4.10. The Morgan fingerprint density at radius 1 is 1.36 bits per heavy atom. The summed E-state index contributed by atoms with van der Waals surface area (Å²) in [6, 6.07) is 1.68. The Balaban J connectivity index is 2.40. The molecule has 0 bridgehead atoms. The molecule has 1 atom stereocenters. The minimum atomic E-state index is -1.46. The highest BCUT2D eigenvalue weighted by Gasteiger charge is 2.45. The summed E-state index contributed by atoms with van der Waals surface area (Å²) in [6.07, 6.45) is 0.764. The molecule has 7 heteroatoms. The molecule has 2 rings (SSSR count). The van der Waals surface area contributed by atoms with Crippen LogP contribution in [0.5, 0.6) is 0 Å². The second-order valence-electron chi connectivity index (χ2n) is 5.75. The molecule has 1 aromatic rings. The number of fused-ring (bicyclic) bond motifs is 1. The lowest BCUT2D eigenvalue weighted by atomic mass is 10.0. The number of ether oxygens (including phenoxy) is 1. The van der Waals surface area contributed by atoms with Crippen molar-refractivity contribution in [1.29, 1.82) is 0 Å². The zero-order valence-electron chi connectivity index (χ0n) is 13.3. The number of carbonyl (C=O) groups excluding carboxylic acids is 3. The Morgan fingerprint density at radius 2 is 2.05 bits per heavy atom. The van der Waals surface area contributed by atoms with Crippen molar-refractivity contribution < 1.29 is 19.1 Å². The van der Waals surface area contributed by atoms with Crippen molar-refractivity contribution in [2.24, 2.45) is 11.8 Å². The van der Waals surface area contributed by atoms with Crippen LogP contribution < -0.4 is 4.90 Å². The van der Waals surface area contributed by atoms with Gasteiger partial charge in [-0.15, -0.1) is 0 Å². The predicted octanol–water partition coefficient (Wildman–Crippen LogP) is 1.40. The Kier molecular flexibility index (Phi) is 4.63. The third-order valence-corrected chi connectivity index (χ3v) is 3.51. The molecule has 0 radical (unpaired) electrons. The molecule has 0 saturated heterocycles. The normalized spacial score (nSPS) is 17.9. The van der Waals surface area contributed by atoms with Crippen LogP contribution in [-0.2, 0) is 14.3 Å². The fourth-order valence-electron chi connectivity index (χ4n) is 2.38. The van der Waals surface area contributed by atoms with E-state index in [-0.39, 0.29) is 6.61 Å². The molecule has 1 unspecified atom stereocenters. The first kappa shape index (κ1) is 16.2. The van der Waals surface area contributed by atoms with E-state index < -0.39 is 23.7 Å². The number of carbonyl (C=O) groups is 3. The van der Waals surface area contributed by atoms with E-state index in [1.807, 2.05) is 13.8 Å². The van der Waals surface area contributed by atoms with Gasteiger partial charge in [0.15, 0.2) is 0 Å². The van der Waals surface area contributed by atoms with Gasteiger partial charge in [0, 0.05) is 12.6 Å². The van der Waals surface area contributed by atoms with Crippen molar-refractivity contribution >= 4 is 23.6 Å². The molecule has 0 fully saturated rings. The van der Waals surface area contributed by atoms with Crippen molar-refractivity contribution in [1.82, 2.24) is 9.78 Å². The highest BCUT2D eigenvalue weighted by molar-refractivity contribution is 6.23. The van der Waals surface area contributed by atoms with Crippen LogP contribution in [0.1, 0.15) is 37.7 Å². The smallest absolute Gasteiger partial charge is 0.328 e. The molecule has 1 aliphatic heterocycles. The van der Waals surface area contributed by atoms with Crippen LogP contribution in [0.3, 0.4) is 0 Å².